The van der Waals surface area contributed by atoms with E-state index in [1.807, 2.05) is 6.07 Å². The Kier molecular flexibility index (Phi) is 2.51. The van der Waals surface area contributed by atoms with E-state index in [-0.39, 0.29) is 6.67 Å². The maximum Gasteiger partial charge on any atom is 0.115 e. The van der Waals surface area contributed by atoms with Crippen molar-refractivity contribution in [3.05, 3.63) is 34.9 Å². The number of fused-ring (bicyclic) bond motifs is 2. The standard InChI is InChI=1S/C15H20FN/c1-11(2)17-9-13-7-12(8-16)3-4-14(13)15(10-17)5-6-15/h3-4,7,11H,5-6,8-10H2,1-2H3. The van der Waals surface area contributed by atoms with Crippen LogP contribution in [-0.4, -0.2) is 17.5 Å². The molecule has 3 rings (SSSR count). The zero-order valence-electron chi connectivity index (χ0n) is 10.7. The highest BCUT2D eigenvalue weighted by Crippen LogP contribution is 2.52. The Morgan fingerprint density at radius 1 is 1.35 bits per heavy atom. The molecule has 1 spiro atoms. The van der Waals surface area contributed by atoms with E-state index in [4.69, 9.17) is 0 Å². The first-order chi connectivity index (χ1) is 8.14. The fourth-order valence-corrected chi connectivity index (χ4v) is 3.07. The van der Waals surface area contributed by atoms with Crippen molar-refractivity contribution in [1.82, 2.24) is 4.90 Å². The van der Waals surface area contributed by atoms with Crippen LogP contribution >= 0.6 is 0 Å². The molecule has 2 aliphatic rings. The molecule has 1 aromatic rings. The van der Waals surface area contributed by atoms with E-state index in [9.17, 15) is 4.39 Å². The van der Waals surface area contributed by atoms with Crippen LogP contribution in [0.3, 0.4) is 0 Å². The number of nitrogens with zero attached hydrogens (tertiary/aromatic N) is 1. The maximum atomic E-state index is 12.7. The Labute approximate surface area is 103 Å². The van der Waals surface area contributed by atoms with Crippen molar-refractivity contribution in [2.24, 2.45) is 0 Å². The smallest absolute Gasteiger partial charge is 0.115 e. The average molecular weight is 233 g/mol. The summed E-state index contributed by atoms with van der Waals surface area (Å²) >= 11 is 0. The normalized spacial score (nSPS) is 21.9. The second-order valence-electron chi connectivity index (χ2n) is 5.90. The Morgan fingerprint density at radius 2 is 2.12 bits per heavy atom. The fraction of sp³-hybridized carbons (Fsp3) is 0.600. The van der Waals surface area contributed by atoms with Gasteiger partial charge in [0.15, 0.2) is 0 Å². The minimum absolute atomic E-state index is 0.345. The van der Waals surface area contributed by atoms with Gasteiger partial charge in [-0.1, -0.05) is 18.2 Å². The third-order valence-corrected chi connectivity index (χ3v) is 4.36. The third kappa shape index (κ3) is 1.79. The fourth-order valence-electron chi connectivity index (χ4n) is 3.07. The van der Waals surface area contributed by atoms with Gasteiger partial charge in [-0.05, 0) is 43.4 Å². The molecule has 0 atom stereocenters. The van der Waals surface area contributed by atoms with Gasteiger partial charge in [0.1, 0.15) is 6.67 Å². The van der Waals surface area contributed by atoms with Gasteiger partial charge in [-0.25, -0.2) is 4.39 Å². The second-order valence-corrected chi connectivity index (χ2v) is 5.90. The van der Waals surface area contributed by atoms with E-state index in [0.29, 0.717) is 11.5 Å². The highest BCUT2D eigenvalue weighted by atomic mass is 19.1. The largest absolute Gasteiger partial charge is 0.296 e. The molecule has 1 aliphatic heterocycles. The van der Waals surface area contributed by atoms with E-state index in [2.05, 4.69) is 30.9 Å². The molecule has 0 amide bonds. The average Bonchev–Trinajstić information content (AvgIpc) is 3.08. The molecule has 1 fully saturated rings. The molecule has 0 aromatic heterocycles. The Bertz CT molecular complexity index is 435. The molecule has 0 unspecified atom stereocenters. The SMILES string of the molecule is CC(C)N1Cc2cc(CF)ccc2C2(CC2)C1. The molecule has 1 aliphatic carbocycles. The number of alkyl halides is 1. The number of rotatable bonds is 2. The molecular weight excluding hydrogens is 213 g/mol. The number of benzene rings is 1. The molecule has 0 saturated heterocycles. The molecule has 1 aromatic carbocycles. The molecule has 1 heterocycles. The van der Waals surface area contributed by atoms with Crippen molar-refractivity contribution in [2.75, 3.05) is 6.54 Å². The quantitative estimate of drug-likeness (QED) is 0.756. The van der Waals surface area contributed by atoms with E-state index in [1.54, 1.807) is 0 Å². The monoisotopic (exact) mass is 233 g/mol. The predicted octanol–water partition coefficient (Wildman–Crippen LogP) is 3.41. The Hall–Kier alpha value is -0.890. The number of halogens is 1. The molecule has 1 nitrogen and oxygen atoms in total. The molecule has 92 valence electrons. The van der Waals surface area contributed by atoms with Crippen molar-refractivity contribution < 1.29 is 4.39 Å². The Balaban J connectivity index is 2.00. The van der Waals surface area contributed by atoms with E-state index < -0.39 is 0 Å². The van der Waals surface area contributed by atoms with Crippen LogP contribution in [0.1, 0.15) is 43.4 Å². The van der Waals surface area contributed by atoms with Gasteiger partial charge in [0.05, 0.1) is 0 Å². The lowest BCUT2D eigenvalue weighted by Gasteiger charge is -2.37. The van der Waals surface area contributed by atoms with Gasteiger partial charge in [0.2, 0.25) is 0 Å². The third-order valence-electron chi connectivity index (χ3n) is 4.36. The van der Waals surface area contributed by atoms with Crippen LogP contribution in [-0.2, 0) is 18.6 Å². The first-order valence-corrected chi connectivity index (χ1v) is 6.57. The van der Waals surface area contributed by atoms with Crippen LogP contribution in [0.4, 0.5) is 4.39 Å². The molecule has 2 heteroatoms. The highest BCUT2D eigenvalue weighted by molar-refractivity contribution is 5.43. The van der Waals surface area contributed by atoms with Crippen molar-refractivity contribution in [2.45, 2.75) is 51.4 Å². The number of hydrogen-bond donors (Lipinski definition) is 0. The van der Waals surface area contributed by atoms with Crippen LogP contribution < -0.4 is 0 Å². The summed E-state index contributed by atoms with van der Waals surface area (Å²) < 4.78 is 12.7. The summed E-state index contributed by atoms with van der Waals surface area (Å²) in [5, 5.41) is 0. The summed E-state index contributed by atoms with van der Waals surface area (Å²) in [4.78, 5) is 2.53. The summed E-state index contributed by atoms with van der Waals surface area (Å²) in [5.74, 6) is 0. The maximum absolute atomic E-state index is 12.7. The first kappa shape index (κ1) is 11.2. The summed E-state index contributed by atoms with van der Waals surface area (Å²) in [6.45, 7) is 6.33. The van der Waals surface area contributed by atoms with Gasteiger partial charge in [0, 0.05) is 24.5 Å². The minimum Gasteiger partial charge on any atom is -0.296 e. The first-order valence-electron chi connectivity index (χ1n) is 6.57. The highest BCUT2D eigenvalue weighted by Gasteiger charge is 2.49. The molecule has 1 saturated carbocycles. The van der Waals surface area contributed by atoms with Crippen LogP contribution in [0.2, 0.25) is 0 Å². The summed E-state index contributed by atoms with van der Waals surface area (Å²) in [6, 6.07) is 6.79. The molecular formula is C15H20FN. The minimum atomic E-state index is -0.345. The lowest BCUT2D eigenvalue weighted by molar-refractivity contribution is 0.176. The van der Waals surface area contributed by atoms with Gasteiger partial charge in [-0.2, -0.15) is 0 Å². The van der Waals surface area contributed by atoms with Gasteiger partial charge in [-0.3, -0.25) is 4.90 Å². The van der Waals surface area contributed by atoms with E-state index in [1.165, 1.54) is 30.5 Å². The summed E-state index contributed by atoms with van der Waals surface area (Å²) in [7, 11) is 0. The molecule has 0 radical (unpaired) electrons. The van der Waals surface area contributed by atoms with Gasteiger partial charge < -0.3 is 0 Å². The molecule has 0 bridgehead atoms. The van der Waals surface area contributed by atoms with Crippen LogP contribution in [0.5, 0.6) is 0 Å². The topological polar surface area (TPSA) is 3.24 Å². The van der Waals surface area contributed by atoms with Crippen LogP contribution in [0.25, 0.3) is 0 Å². The summed E-state index contributed by atoms with van der Waals surface area (Å²) in [5.41, 5.74) is 4.08. The molecule has 0 N–H and O–H groups in total. The second kappa shape index (κ2) is 3.81. The predicted molar refractivity (Wildman–Crippen MR) is 67.7 cm³/mol. The van der Waals surface area contributed by atoms with E-state index >= 15 is 0 Å². The number of hydrogen-bond acceptors (Lipinski definition) is 1. The van der Waals surface area contributed by atoms with Crippen LogP contribution in [0, 0.1) is 0 Å². The summed E-state index contributed by atoms with van der Waals surface area (Å²) in [6.07, 6.45) is 2.61. The van der Waals surface area contributed by atoms with Crippen molar-refractivity contribution >= 4 is 0 Å². The molecule has 17 heavy (non-hydrogen) atoms. The Morgan fingerprint density at radius 3 is 2.71 bits per heavy atom. The lowest BCUT2D eigenvalue weighted by Crippen LogP contribution is -2.41. The van der Waals surface area contributed by atoms with Gasteiger partial charge in [-0.15, -0.1) is 0 Å². The zero-order chi connectivity index (χ0) is 12.0. The van der Waals surface area contributed by atoms with Crippen molar-refractivity contribution in [3.8, 4) is 0 Å². The van der Waals surface area contributed by atoms with E-state index in [0.717, 1.165) is 12.1 Å². The lowest BCUT2D eigenvalue weighted by atomic mass is 9.85. The van der Waals surface area contributed by atoms with Gasteiger partial charge in [0.25, 0.3) is 0 Å². The zero-order valence-corrected chi connectivity index (χ0v) is 10.7. The van der Waals surface area contributed by atoms with Gasteiger partial charge >= 0.3 is 0 Å². The van der Waals surface area contributed by atoms with Crippen molar-refractivity contribution in [3.63, 3.8) is 0 Å². The van der Waals surface area contributed by atoms with Crippen LogP contribution in [0.15, 0.2) is 18.2 Å². The van der Waals surface area contributed by atoms with Crippen molar-refractivity contribution in [1.29, 1.82) is 0 Å².